The molecule has 0 saturated carbocycles. The number of benzene rings is 1. The van der Waals surface area contributed by atoms with E-state index in [9.17, 15) is 9.59 Å². The van der Waals surface area contributed by atoms with Crippen LogP contribution < -0.4 is 0 Å². The molecule has 1 fully saturated rings. The van der Waals surface area contributed by atoms with E-state index in [4.69, 9.17) is 9.47 Å². The summed E-state index contributed by atoms with van der Waals surface area (Å²) in [6.45, 7) is 4.42. The molecular formula is C20H21N3O4S. The number of nitrogens with zero attached hydrogens (tertiary/aromatic N) is 3. The predicted molar refractivity (Wildman–Crippen MR) is 106 cm³/mol. The first kappa shape index (κ1) is 18.6. The van der Waals surface area contributed by atoms with E-state index in [1.807, 2.05) is 41.9 Å². The summed E-state index contributed by atoms with van der Waals surface area (Å²) in [6, 6.07) is 11.8. The van der Waals surface area contributed by atoms with E-state index in [2.05, 4.69) is 5.10 Å². The number of rotatable bonds is 5. The first-order chi connectivity index (χ1) is 13.6. The minimum atomic E-state index is -0.478. The van der Waals surface area contributed by atoms with Crippen molar-refractivity contribution in [1.82, 2.24) is 14.7 Å². The van der Waals surface area contributed by atoms with Gasteiger partial charge in [0.05, 0.1) is 25.5 Å². The van der Waals surface area contributed by atoms with Crippen molar-refractivity contribution >= 4 is 33.4 Å². The summed E-state index contributed by atoms with van der Waals surface area (Å²) >= 11 is 1.34. The molecule has 0 atom stereocenters. The van der Waals surface area contributed by atoms with Crippen LogP contribution in [0.1, 0.15) is 20.9 Å². The van der Waals surface area contributed by atoms with Crippen LogP contribution in [0, 0.1) is 6.92 Å². The molecule has 4 rings (SSSR count). The van der Waals surface area contributed by atoms with Crippen LogP contribution >= 0.6 is 11.3 Å². The fourth-order valence-electron chi connectivity index (χ4n) is 3.18. The van der Waals surface area contributed by atoms with Crippen molar-refractivity contribution in [2.24, 2.45) is 0 Å². The molecule has 7 nitrogen and oxygen atoms in total. The largest absolute Gasteiger partial charge is 0.451 e. The van der Waals surface area contributed by atoms with Gasteiger partial charge in [-0.3, -0.25) is 9.48 Å². The number of thiophene rings is 1. The molecule has 3 aromatic rings. The van der Waals surface area contributed by atoms with Gasteiger partial charge in [0.15, 0.2) is 6.61 Å². The molecule has 1 amide bonds. The summed E-state index contributed by atoms with van der Waals surface area (Å²) in [7, 11) is 0. The third-order valence-electron chi connectivity index (χ3n) is 4.67. The lowest BCUT2D eigenvalue weighted by Crippen LogP contribution is -2.42. The summed E-state index contributed by atoms with van der Waals surface area (Å²) < 4.78 is 12.4. The van der Waals surface area contributed by atoms with E-state index in [1.165, 1.54) is 11.3 Å². The predicted octanol–water partition coefficient (Wildman–Crippen LogP) is 2.47. The topological polar surface area (TPSA) is 73.7 Å². The maximum absolute atomic E-state index is 12.4. The van der Waals surface area contributed by atoms with E-state index >= 15 is 0 Å². The number of hydrogen-bond donors (Lipinski definition) is 0. The second-order valence-electron chi connectivity index (χ2n) is 6.63. The SMILES string of the molecule is Cc1nn(Cc2ccccc2)c2sc(C(=O)OCC(=O)N3CCOCC3)cc12. The fraction of sp³-hybridized carbons (Fsp3) is 0.350. The van der Waals surface area contributed by atoms with Crippen molar-refractivity contribution in [2.45, 2.75) is 13.5 Å². The number of hydrogen-bond acceptors (Lipinski definition) is 6. The minimum Gasteiger partial charge on any atom is -0.451 e. The summed E-state index contributed by atoms with van der Waals surface area (Å²) in [5.74, 6) is -0.669. The first-order valence-electron chi connectivity index (χ1n) is 9.15. The van der Waals surface area contributed by atoms with Crippen LogP contribution in [0.15, 0.2) is 36.4 Å². The standard InChI is InChI=1S/C20H21N3O4S/c1-14-16-11-17(20(25)27-13-18(24)22-7-9-26-10-8-22)28-19(16)23(21-14)12-15-5-3-2-4-6-15/h2-6,11H,7-10,12-13H2,1H3. The molecule has 0 N–H and O–H groups in total. The molecule has 0 aliphatic carbocycles. The van der Waals surface area contributed by atoms with Crippen molar-refractivity contribution in [3.05, 3.63) is 52.5 Å². The van der Waals surface area contributed by atoms with Crippen LogP contribution in [-0.4, -0.2) is 59.5 Å². The zero-order valence-corrected chi connectivity index (χ0v) is 16.4. The second-order valence-corrected chi connectivity index (χ2v) is 7.66. The van der Waals surface area contributed by atoms with Gasteiger partial charge in [-0.2, -0.15) is 5.10 Å². The van der Waals surface area contributed by atoms with Gasteiger partial charge in [-0.25, -0.2) is 4.79 Å². The van der Waals surface area contributed by atoms with Crippen molar-refractivity contribution in [3.8, 4) is 0 Å². The molecule has 1 aliphatic heterocycles. The highest BCUT2D eigenvalue weighted by atomic mass is 32.1. The fourth-order valence-corrected chi connectivity index (χ4v) is 4.23. The van der Waals surface area contributed by atoms with Gasteiger partial charge in [-0.05, 0) is 18.6 Å². The minimum absolute atomic E-state index is 0.191. The molecule has 1 saturated heterocycles. The molecule has 0 radical (unpaired) electrons. The van der Waals surface area contributed by atoms with Gasteiger partial charge in [0.1, 0.15) is 9.71 Å². The molecule has 0 spiro atoms. The number of fused-ring (bicyclic) bond motifs is 1. The summed E-state index contributed by atoms with van der Waals surface area (Å²) in [4.78, 5) is 27.7. The van der Waals surface area contributed by atoms with E-state index < -0.39 is 5.97 Å². The van der Waals surface area contributed by atoms with Gasteiger partial charge < -0.3 is 14.4 Å². The van der Waals surface area contributed by atoms with E-state index in [0.29, 0.717) is 37.7 Å². The Morgan fingerprint density at radius 3 is 2.71 bits per heavy atom. The molecule has 28 heavy (non-hydrogen) atoms. The number of aryl methyl sites for hydroxylation is 1. The number of amides is 1. The Kier molecular flexibility index (Phi) is 5.40. The molecule has 8 heteroatoms. The van der Waals surface area contributed by atoms with Crippen LogP contribution in [0.25, 0.3) is 10.2 Å². The molecule has 1 aliphatic rings. The quantitative estimate of drug-likeness (QED) is 0.616. The Morgan fingerprint density at radius 2 is 1.96 bits per heavy atom. The Hall–Kier alpha value is -2.71. The molecule has 0 unspecified atom stereocenters. The number of ether oxygens (including phenoxy) is 2. The van der Waals surface area contributed by atoms with Crippen molar-refractivity contribution in [3.63, 3.8) is 0 Å². The van der Waals surface area contributed by atoms with Gasteiger partial charge in [-0.15, -0.1) is 11.3 Å². The molecule has 146 valence electrons. The van der Waals surface area contributed by atoms with E-state index in [1.54, 1.807) is 11.0 Å². The van der Waals surface area contributed by atoms with Crippen molar-refractivity contribution in [2.75, 3.05) is 32.9 Å². The molecule has 1 aromatic carbocycles. The Balaban J connectivity index is 1.46. The Morgan fingerprint density at radius 1 is 1.21 bits per heavy atom. The maximum atomic E-state index is 12.4. The summed E-state index contributed by atoms with van der Waals surface area (Å²) in [5.41, 5.74) is 2.01. The van der Waals surface area contributed by atoms with Crippen LogP contribution in [0.2, 0.25) is 0 Å². The van der Waals surface area contributed by atoms with Crippen molar-refractivity contribution < 1.29 is 19.1 Å². The number of esters is 1. The summed E-state index contributed by atoms with van der Waals surface area (Å²) in [6.07, 6.45) is 0. The normalized spacial score (nSPS) is 14.4. The first-order valence-corrected chi connectivity index (χ1v) is 9.97. The average Bonchev–Trinajstić information content (AvgIpc) is 3.29. The van der Waals surface area contributed by atoms with Crippen LogP contribution in [0.5, 0.6) is 0 Å². The average molecular weight is 399 g/mol. The number of carbonyl (C=O) groups excluding carboxylic acids is 2. The molecular weight excluding hydrogens is 378 g/mol. The van der Waals surface area contributed by atoms with Gasteiger partial charge >= 0.3 is 5.97 Å². The monoisotopic (exact) mass is 399 g/mol. The van der Waals surface area contributed by atoms with Gasteiger partial charge in [0.25, 0.3) is 5.91 Å². The Bertz CT molecular complexity index is 990. The zero-order chi connectivity index (χ0) is 19.5. The highest BCUT2D eigenvalue weighted by molar-refractivity contribution is 7.20. The number of morpholine rings is 1. The maximum Gasteiger partial charge on any atom is 0.348 e. The van der Waals surface area contributed by atoms with Gasteiger partial charge in [-0.1, -0.05) is 30.3 Å². The number of aromatic nitrogens is 2. The highest BCUT2D eigenvalue weighted by Gasteiger charge is 2.21. The molecule has 2 aromatic heterocycles. The lowest BCUT2D eigenvalue weighted by atomic mass is 10.2. The molecule has 3 heterocycles. The van der Waals surface area contributed by atoms with E-state index in [-0.39, 0.29) is 12.5 Å². The van der Waals surface area contributed by atoms with Gasteiger partial charge in [0.2, 0.25) is 0 Å². The lowest BCUT2D eigenvalue weighted by molar-refractivity contribution is -0.138. The lowest BCUT2D eigenvalue weighted by Gasteiger charge is -2.26. The zero-order valence-electron chi connectivity index (χ0n) is 15.6. The Labute approximate surface area is 166 Å². The summed E-state index contributed by atoms with van der Waals surface area (Å²) in [5, 5.41) is 5.52. The van der Waals surface area contributed by atoms with Crippen molar-refractivity contribution in [1.29, 1.82) is 0 Å². The van der Waals surface area contributed by atoms with Gasteiger partial charge in [0, 0.05) is 18.5 Å². The van der Waals surface area contributed by atoms with Crippen LogP contribution in [0.3, 0.4) is 0 Å². The molecule has 0 bridgehead atoms. The third kappa shape index (κ3) is 3.93. The third-order valence-corrected chi connectivity index (χ3v) is 5.80. The van der Waals surface area contributed by atoms with E-state index in [0.717, 1.165) is 21.5 Å². The smallest absolute Gasteiger partial charge is 0.348 e. The number of carbonyl (C=O) groups is 2. The second kappa shape index (κ2) is 8.12. The van der Waals surface area contributed by atoms with Crippen LogP contribution in [-0.2, 0) is 20.8 Å². The highest BCUT2D eigenvalue weighted by Crippen LogP contribution is 2.29. The van der Waals surface area contributed by atoms with Crippen LogP contribution in [0.4, 0.5) is 0 Å².